The van der Waals surface area contributed by atoms with Gasteiger partial charge in [-0.15, -0.1) is 16.4 Å². The molecule has 4 nitrogen and oxygen atoms in total. The van der Waals surface area contributed by atoms with E-state index in [0.717, 1.165) is 29.3 Å². The summed E-state index contributed by atoms with van der Waals surface area (Å²) in [7, 11) is 0. The normalized spacial score (nSPS) is 12.3. The molecule has 0 saturated heterocycles. The summed E-state index contributed by atoms with van der Waals surface area (Å²) in [5.74, 6) is -0.0747. The number of nitrogens with zero attached hydrogens (tertiary/aromatic N) is 2. The summed E-state index contributed by atoms with van der Waals surface area (Å²) in [6.07, 6.45) is 2.03. The minimum absolute atomic E-state index is 0.0747. The van der Waals surface area contributed by atoms with Crippen molar-refractivity contribution in [3.8, 4) is 10.6 Å². The third kappa shape index (κ3) is 2.94. The Hall–Kier alpha value is -1.27. The molecule has 0 aliphatic rings. The maximum atomic E-state index is 12.1. The van der Waals surface area contributed by atoms with Crippen LogP contribution in [0, 0.1) is 0 Å². The molecule has 2 heterocycles. The highest BCUT2D eigenvalue weighted by atomic mass is 32.1. The second-order valence-corrected chi connectivity index (χ2v) is 5.79. The van der Waals surface area contributed by atoms with Gasteiger partial charge in [-0.3, -0.25) is 4.79 Å². The van der Waals surface area contributed by atoms with Crippen molar-refractivity contribution in [1.29, 1.82) is 0 Å². The first-order valence-electron chi connectivity index (χ1n) is 5.89. The number of rotatable bonds is 5. The number of thiophene rings is 1. The molecule has 2 aromatic rings. The second-order valence-electron chi connectivity index (χ2n) is 4.09. The van der Waals surface area contributed by atoms with Crippen molar-refractivity contribution >= 4 is 28.8 Å². The van der Waals surface area contributed by atoms with E-state index in [1.165, 1.54) is 0 Å². The highest BCUT2D eigenvalue weighted by molar-refractivity contribution is 7.14. The lowest BCUT2D eigenvalue weighted by Gasteiger charge is -2.11. The minimum atomic E-state index is -0.0747. The molecule has 0 aliphatic carbocycles. The predicted molar refractivity (Wildman–Crippen MR) is 75.1 cm³/mol. The molecule has 96 valence electrons. The van der Waals surface area contributed by atoms with Gasteiger partial charge in [-0.05, 0) is 36.3 Å². The summed E-state index contributed by atoms with van der Waals surface area (Å²) in [6.45, 7) is 4.12. The lowest BCUT2D eigenvalue weighted by molar-refractivity contribution is 0.0943. The van der Waals surface area contributed by atoms with E-state index in [1.54, 1.807) is 11.3 Å². The molecule has 0 aromatic carbocycles. The van der Waals surface area contributed by atoms with Gasteiger partial charge in [0.05, 0.1) is 4.88 Å². The van der Waals surface area contributed by atoms with Gasteiger partial charge in [-0.1, -0.05) is 23.9 Å². The molecule has 0 radical (unpaired) electrons. The van der Waals surface area contributed by atoms with Crippen molar-refractivity contribution in [2.75, 3.05) is 0 Å². The fraction of sp³-hybridized carbons (Fsp3) is 0.417. The average molecular weight is 281 g/mol. The molecule has 2 aromatic heterocycles. The van der Waals surface area contributed by atoms with Crippen LogP contribution in [0.5, 0.6) is 0 Å². The van der Waals surface area contributed by atoms with Gasteiger partial charge in [0.1, 0.15) is 10.6 Å². The Morgan fingerprint density at radius 3 is 3.06 bits per heavy atom. The number of carbonyl (C=O) groups is 1. The van der Waals surface area contributed by atoms with Crippen LogP contribution in [0.4, 0.5) is 0 Å². The zero-order valence-corrected chi connectivity index (χ0v) is 12.0. The summed E-state index contributed by atoms with van der Waals surface area (Å²) < 4.78 is 3.89. The van der Waals surface area contributed by atoms with E-state index in [2.05, 4.69) is 21.8 Å². The van der Waals surface area contributed by atoms with Crippen LogP contribution in [0.2, 0.25) is 0 Å². The van der Waals surface area contributed by atoms with Crippen LogP contribution in [0.1, 0.15) is 36.4 Å². The summed E-state index contributed by atoms with van der Waals surface area (Å²) >= 11 is 2.72. The van der Waals surface area contributed by atoms with Crippen molar-refractivity contribution in [1.82, 2.24) is 14.9 Å². The third-order valence-corrected chi connectivity index (χ3v) is 4.15. The van der Waals surface area contributed by atoms with E-state index in [0.29, 0.717) is 10.6 Å². The maximum absolute atomic E-state index is 12.1. The molecule has 1 N–H and O–H groups in total. The van der Waals surface area contributed by atoms with Gasteiger partial charge in [0.2, 0.25) is 0 Å². The smallest absolute Gasteiger partial charge is 0.265 e. The monoisotopic (exact) mass is 281 g/mol. The van der Waals surface area contributed by atoms with E-state index in [-0.39, 0.29) is 11.9 Å². The van der Waals surface area contributed by atoms with E-state index in [4.69, 9.17) is 0 Å². The fourth-order valence-corrected chi connectivity index (χ4v) is 3.07. The summed E-state index contributed by atoms with van der Waals surface area (Å²) in [6, 6.07) is 4.08. The molecular formula is C12H15N3OS2. The Morgan fingerprint density at radius 2 is 2.39 bits per heavy atom. The van der Waals surface area contributed by atoms with Crippen molar-refractivity contribution in [3.63, 3.8) is 0 Å². The van der Waals surface area contributed by atoms with Gasteiger partial charge < -0.3 is 5.32 Å². The van der Waals surface area contributed by atoms with Crippen LogP contribution in [0.3, 0.4) is 0 Å². The van der Waals surface area contributed by atoms with Gasteiger partial charge >= 0.3 is 0 Å². The predicted octanol–water partition coefficient (Wildman–Crippen LogP) is 3.19. The SMILES string of the molecule is CCC[C@@H](C)NC(=O)c1snnc1-c1cccs1. The lowest BCUT2D eigenvalue weighted by Crippen LogP contribution is -2.32. The molecule has 18 heavy (non-hydrogen) atoms. The number of aromatic nitrogens is 2. The van der Waals surface area contributed by atoms with Crippen molar-refractivity contribution in [2.24, 2.45) is 0 Å². The standard InChI is InChI=1S/C12H15N3OS2/c1-3-5-8(2)13-12(16)11-10(14-15-18-11)9-6-4-7-17-9/h4,6-8H,3,5H2,1-2H3,(H,13,16)/t8-/m1/s1. The van der Waals surface area contributed by atoms with Crippen LogP contribution in [0.25, 0.3) is 10.6 Å². The zero-order valence-electron chi connectivity index (χ0n) is 10.3. The van der Waals surface area contributed by atoms with E-state index in [9.17, 15) is 4.79 Å². The van der Waals surface area contributed by atoms with Crippen molar-refractivity contribution < 1.29 is 4.79 Å². The third-order valence-electron chi connectivity index (χ3n) is 2.55. The van der Waals surface area contributed by atoms with Crippen LogP contribution in [-0.4, -0.2) is 21.5 Å². The molecule has 6 heteroatoms. The van der Waals surface area contributed by atoms with Gasteiger partial charge in [-0.25, -0.2) is 0 Å². The van der Waals surface area contributed by atoms with Crippen LogP contribution >= 0.6 is 22.9 Å². The molecule has 1 atom stereocenters. The Balaban J connectivity index is 2.14. The Labute approximate surface area is 114 Å². The molecule has 0 aliphatic heterocycles. The topological polar surface area (TPSA) is 54.9 Å². The molecule has 0 bridgehead atoms. The Kier molecular flexibility index (Phi) is 4.43. The Morgan fingerprint density at radius 1 is 1.56 bits per heavy atom. The molecule has 0 fully saturated rings. The number of hydrogen-bond donors (Lipinski definition) is 1. The van der Waals surface area contributed by atoms with Gasteiger partial charge in [-0.2, -0.15) is 0 Å². The molecule has 0 saturated carbocycles. The van der Waals surface area contributed by atoms with Gasteiger partial charge in [0.25, 0.3) is 5.91 Å². The van der Waals surface area contributed by atoms with Gasteiger partial charge in [0.15, 0.2) is 0 Å². The molecule has 1 amide bonds. The first-order chi connectivity index (χ1) is 8.72. The van der Waals surface area contributed by atoms with Crippen molar-refractivity contribution in [3.05, 3.63) is 22.4 Å². The largest absolute Gasteiger partial charge is 0.349 e. The number of amides is 1. The second kappa shape index (κ2) is 6.06. The highest BCUT2D eigenvalue weighted by Gasteiger charge is 2.19. The highest BCUT2D eigenvalue weighted by Crippen LogP contribution is 2.27. The lowest BCUT2D eigenvalue weighted by atomic mass is 10.2. The minimum Gasteiger partial charge on any atom is -0.349 e. The summed E-state index contributed by atoms with van der Waals surface area (Å²) in [5, 5.41) is 9.00. The molecule has 0 unspecified atom stereocenters. The maximum Gasteiger partial charge on any atom is 0.265 e. The summed E-state index contributed by atoms with van der Waals surface area (Å²) in [5.41, 5.74) is 0.691. The van der Waals surface area contributed by atoms with Crippen molar-refractivity contribution in [2.45, 2.75) is 32.7 Å². The Bertz CT molecular complexity index is 507. The first-order valence-corrected chi connectivity index (χ1v) is 7.54. The zero-order chi connectivity index (χ0) is 13.0. The fourth-order valence-electron chi connectivity index (χ4n) is 1.71. The van der Waals surface area contributed by atoms with Gasteiger partial charge in [0, 0.05) is 6.04 Å². The van der Waals surface area contributed by atoms with Crippen LogP contribution in [0.15, 0.2) is 17.5 Å². The van der Waals surface area contributed by atoms with E-state index < -0.39 is 0 Å². The molecule has 0 spiro atoms. The van der Waals surface area contributed by atoms with E-state index >= 15 is 0 Å². The van der Waals surface area contributed by atoms with Crippen LogP contribution in [-0.2, 0) is 0 Å². The average Bonchev–Trinajstić information content (AvgIpc) is 3.00. The van der Waals surface area contributed by atoms with E-state index in [1.807, 2.05) is 24.4 Å². The summed E-state index contributed by atoms with van der Waals surface area (Å²) in [4.78, 5) is 13.7. The number of nitrogens with one attached hydrogen (secondary N) is 1. The molecule has 2 rings (SSSR count). The number of carbonyl (C=O) groups excluding carboxylic acids is 1. The van der Waals surface area contributed by atoms with Crippen LogP contribution < -0.4 is 5.32 Å². The number of hydrogen-bond acceptors (Lipinski definition) is 5. The quantitative estimate of drug-likeness (QED) is 0.915. The molecular weight excluding hydrogens is 266 g/mol. The first kappa shape index (κ1) is 13.2.